The third-order valence-electron chi connectivity index (χ3n) is 1.41. The summed E-state index contributed by atoms with van der Waals surface area (Å²) in [5.74, 6) is 0. The maximum atomic E-state index is 8.42. The summed E-state index contributed by atoms with van der Waals surface area (Å²) < 4.78 is 1.95. The molecule has 0 unspecified atom stereocenters. The number of nitrogens with zero attached hydrogens (tertiary/aromatic N) is 1. The molecule has 0 fully saturated rings. The van der Waals surface area contributed by atoms with Crippen LogP contribution in [0.25, 0.3) is 10.2 Å². The lowest BCUT2D eigenvalue weighted by molar-refractivity contribution is 0.258. The number of nitrogens with one attached hydrogen (secondary N) is 1. The summed E-state index contributed by atoms with van der Waals surface area (Å²) in [6.45, 7) is 0. The second-order valence-electron chi connectivity index (χ2n) is 2.14. The lowest BCUT2D eigenvalue weighted by atomic mass is 10.3. The molecule has 0 atom stereocenters. The number of rotatable bonds is 2. The Morgan fingerprint density at radius 3 is 3.00 bits per heavy atom. The van der Waals surface area contributed by atoms with E-state index in [0.717, 1.165) is 26.5 Å². The van der Waals surface area contributed by atoms with E-state index in [9.17, 15) is 0 Å². The van der Waals surface area contributed by atoms with Crippen molar-refractivity contribution in [3.05, 3.63) is 24.3 Å². The van der Waals surface area contributed by atoms with E-state index in [2.05, 4.69) is 4.98 Å². The van der Waals surface area contributed by atoms with Crippen molar-refractivity contribution in [3.63, 3.8) is 0 Å². The van der Waals surface area contributed by atoms with Gasteiger partial charge in [0.25, 0.3) is 0 Å². The van der Waals surface area contributed by atoms with Gasteiger partial charge < -0.3 is 5.21 Å². The minimum absolute atomic E-state index is 0.818. The van der Waals surface area contributed by atoms with Crippen molar-refractivity contribution in [2.75, 3.05) is 0 Å². The third kappa shape index (κ3) is 1.44. The van der Waals surface area contributed by atoms with Crippen molar-refractivity contribution in [1.82, 2.24) is 9.87 Å². The van der Waals surface area contributed by atoms with Crippen molar-refractivity contribution >= 4 is 33.5 Å². The second-order valence-corrected chi connectivity index (χ2v) is 4.20. The van der Waals surface area contributed by atoms with E-state index in [1.807, 2.05) is 29.2 Å². The van der Waals surface area contributed by atoms with Crippen LogP contribution in [0.1, 0.15) is 0 Å². The maximum Gasteiger partial charge on any atom is 0.168 e. The predicted octanol–water partition coefficient (Wildman–Crippen LogP) is 2.28. The molecule has 2 aromatic rings. The minimum atomic E-state index is 0.818. The number of aromatic nitrogens is 1. The standard InChI is InChI=1S/C7H6N2OS2/c10-9-12-7-8-5-3-1-2-4-6(5)11-7/h1-4,9-10H. The van der Waals surface area contributed by atoms with Crippen LogP contribution in [0, 0.1) is 0 Å². The van der Waals surface area contributed by atoms with E-state index in [1.54, 1.807) is 11.3 Å². The Morgan fingerprint density at radius 2 is 2.25 bits per heavy atom. The number of benzene rings is 1. The van der Waals surface area contributed by atoms with E-state index in [4.69, 9.17) is 5.21 Å². The Morgan fingerprint density at radius 1 is 1.42 bits per heavy atom. The molecule has 0 saturated heterocycles. The Kier molecular flexibility index (Phi) is 2.27. The van der Waals surface area contributed by atoms with Gasteiger partial charge in [0, 0.05) is 11.9 Å². The molecule has 0 aliphatic heterocycles. The number of para-hydroxylation sites is 1. The van der Waals surface area contributed by atoms with Gasteiger partial charge in [0.05, 0.1) is 10.2 Å². The van der Waals surface area contributed by atoms with Crippen molar-refractivity contribution < 1.29 is 5.21 Å². The van der Waals surface area contributed by atoms with E-state index >= 15 is 0 Å². The Labute approximate surface area is 77.5 Å². The highest BCUT2D eigenvalue weighted by Gasteiger charge is 2.01. The summed E-state index contributed by atoms with van der Waals surface area (Å²) in [5.41, 5.74) is 0.972. The quantitative estimate of drug-likeness (QED) is 0.574. The first-order valence-electron chi connectivity index (χ1n) is 3.31. The predicted molar refractivity (Wildman–Crippen MR) is 50.4 cm³/mol. The average molecular weight is 198 g/mol. The number of thiazole rings is 1. The summed E-state index contributed by atoms with van der Waals surface area (Å²) in [7, 11) is 0. The van der Waals surface area contributed by atoms with Gasteiger partial charge in [-0.3, -0.25) is 0 Å². The van der Waals surface area contributed by atoms with Crippen LogP contribution in [0.2, 0.25) is 0 Å². The fraction of sp³-hybridized carbons (Fsp3) is 0. The van der Waals surface area contributed by atoms with Gasteiger partial charge >= 0.3 is 0 Å². The zero-order chi connectivity index (χ0) is 8.39. The molecule has 0 aliphatic carbocycles. The van der Waals surface area contributed by atoms with Gasteiger partial charge in [0.1, 0.15) is 0 Å². The molecule has 0 saturated carbocycles. The summed E-state index contributed by atoms with van der Waals surface area (Å²) in [4.78, 5) is 6.27. The smallest absolute Gasteiger partial charge is 0.168 e. The Balaban J connectivity index is 2.47. The van der Waals surface area contributed by atoms with Gasteiger partial charge in [-0.2, -0.15) is 0 Å². The second kappa shape index (κ2) is 3.40. The van der Waals surface area contributed by atoms with Gasteiger partial charge in [0.15, 0.2) is 4.34 Å². The Bertz CT molecular complexity index is 355. The van der Waals surface area contributed by atoms with Crippen LogP contribution in [0.15, 0.2) is 28.6 Å². The largest absolute Gasteiger partial charge is 0.306 e. The van der Waals surface area contributed by atoms with Gasteiger partial charge in [-0.15, -0.1) is 16.2 Å². The van der Waals surface area contributed by atoms with Crippen LogP contribution in [-0.2, 0) is 0 Å². The van der Waals surface area contributed by atoms with E-state index in [-0.39, 0.29) is 0 Å². The molecule has 1 heterocycles. The van der Waals surface area contributed by atoms with Crippen molar-refractivity contribution in [2.45, 2.75) is 4.34 Å². The molecule has 0 amide bonds. The lowest BCUT2D eigenvalue weighted by Gasteiger charge is -1.86. The molecule has 0 aliphatic rings. The Hall–Kier alpha value is -0.620. The van der Waals surface area contributed by atoms with E-state index < -0.39 is 0 Å². The summed E-state index contributed by atoms with van der Waals surface area (Å²) >= 11 is 2.67. The molecule has 2 rings (SSSR count). The van der Waals surface area contributed by atoms with Gasteiger partial charge in [-0.1, -0.05) is 12.1 Å². The van der Waals surface area contributed by atoms with Crippen molar-refractivity contribution in [3.8, 4) is 0 Å². The molecular weight excluding hydrogens is 192 g/mol. The van der Waals surface area contributed by atoms with E-state index in [1.165, 1.54) is 0 Å². The molecule has 2 N–H and O–H groups in total. The molecule has 5 heteroatoms. The zero-order valence-electron chi connectivity index (χ0n) is 6.02. The summed E-state index contributed by atoms with van der Waals surface area (Å²) in [6, 6.07) is 7.88. The van der Waals surface area contributed by atoms with Crippen LogP contribution in [0.3, 0.4) is 0 Å². The normalized spacial score (nSPS) is 10.8. The molecule has 12 heavy (non-hydrogen) atoms. The molecule has 62 valence electrons. The first kappa shape index (κ1) is 8.00. The zero-order valence-corrected chi connectivity index (χ0v) is 7.65. The maximum absolute atomic E-state index is 8.42. The highest BCUT2D eigenvalue weighted by molar-refractivity contribution is 7.99. The minimum Gasteiger partial charge on any atom is -0.306 e. The van der Waals surface area contributed by atoms with Crippen LogP contribution in [-0.4, -0.2) is 10.2 Å². The first-order chi connectivity index (χ1) is 5.90. The van der Waals surface area contributed by atoms with Gasteiger partial charge in [-0.05, 0) is 12.1 Å². The third-order valence-corrected chi connectivity index (χ3v) is 3.10. The van der Waals surface area contributed by atoms with Crippen LogP contribution in [0.4, 0.5) is 0 Å². The number of hydrogen-bond acceptors (Lipinski definition) is 5. The van der Waals surface area contributed by atoms with Crippen molar-refractivity contribution in [2.24, 2.45) is 0 Å². The fourth-order valence-electron chi connectivity index (χ4n) is 0.934. The fourth-order valence-corrected chi connectivity index (χ4v) is 2.40. The topological polar surface area (TPSA) is 45.1 Å². The summed E-state index contributed by atoms with van der Waals surface area (Å²) in [6.07, 6.45) is 0. The number of fused-ring (bicyclic) bond motifs is 1. The molecule has 1 aromatic carbocycles. The molecule has 3 nitrogen and oxygen atoms in total. The molecule has 1 aromatic heterocycles. The highest BCUT2D eigenvalue weighted by Crippen LogP contribution is 2.26. The van der Waals surface area contributed by atoms with Crippen LogP contribution >= 0.6 is 23.3 Å². The van der Waals surface area contributed by atoms with E-state index in [0.29, 0.717) is 0 Å². The summed E-state index contributed by atoms with van der Waals surface area (Å²) in [5, 5.41) is 8.42. The highest BCUT2D eigenvalue weighted by atomic mass is 32.2. The van der Waals surface area contributed by atoms with Gasteiger partial charge in [-0.25, -0.2) is 4.98 Å². The SMILES string of the molecule is ONSc1nc2ccccc2s1. The van der Waals surface area contributed by atoms with Crippen LogP contribution < -0.4 is 4.89 Å². The number of hydrogen-bond donors (Lipinski definition) is 2. The van der Waals surface area contributed by atoms with Crippen molar-refractivity contribution in [1.29, 1.82) is 0 Å². The molecule has 0 bridgehead atoms. The average Bonchev–Trinajstić information content (AvgIpc) is 2.47. The monoisotopic (exact) mass is 198 g/mol. The van der Waals surface area contributed by atoms with Crippen LogP contribution in [0.5, 0.6) is 0 Å². The molecule has 0 spiro atoms. The molecule has 0 radical (unpaired) electrons. The first-order valence-corrected chi connectivity index (χ1v) is 4.95. The lowest BCUT2D eigenvalue weighted by Crippen LogP contribution is -1.90. The van der Waals surface area contributed by atoms with Gasteiger partial charge in [0.2, 0.25) is 0 Å². The molecular formula is C7H6N2OS2.